The highest BCUT2D eigenvalue weighted by Gasteiger charge is 2.22. The molecule has 2 aromatic rings. The van der Waals surface area contributed by atoms with Gasteiger partial charge in [-0.05, 0) is 54.6 Å². The molecule has 2 N–H and O–H groups in total. The number of hydrogen-bond acceptors (Lipinski definition) is 3. The molecule has 1 fully saturated rings. The van der Waals surface area contributed by atoms with Gasteiger partial charge in [0.1, 0.15) is 5.82 Å². The van der Waals surface area contributed by atoms with Crippen LogP contribution in [0.3, 0.4) is 0 Å². The summed E-state index contributed by atoms with van der Waals surface area (Å²) in [7, 11) is 0. The lowest BCUT2D eigenvalue weighted by Gasteiger charge is -2.28. The first-order chi connectivity index (χ1) is 12.3. The van der Waals surface area contributed by atoms with Crippen LogP contribution in [0.1, 0.15) is 41.6 Å². The molecule has 1 aliphatic heterocycles. The molecule has 0 amide bonds. The molecule has 1 aliphatic carbocycles. The maximum absolute atomic E-state index is 14.6. The molecule has 130 valence electrons. The van der Waals surface area contributed by atoms with E-state index in [1.54, 1.807) is 17.8 Å². The largest absolute Gasteiger partial charge is 0.298 e. The lowest BCUT2D eigenvalue weighted by Crippen LogP contribution is -2.41. The van der Waals surface area contributed by atoms with E-state index in [0.717, 1.165) is 42.1 Å². The molecule has 2 aliphatic rings. The van der Waals surface area contributed by atoms with Gasteiger partial charge in [0.25, 0.3) is 0 Å². The third-order valence-electron chi connectivity index (χ3n) is 4.94. The minimum Gasteiger partial charge on any atom is -0.298 e. The number of rotatable bonds is 4. The van der Waals surface area contributed by atoms with Gasteiger partial charge in [0.2, 0.25) is 0 Å². The van der Waals surface area contributed by atoms with Gasteiger partial charge in [-0.3, -0.25) is 10.6 Å². The van der Waals surface area contributed by atoms with E-state index < -0.39 is 0 Å². The number of thioether (sulfide) groups is 1. The Labute approximate surface area is 152 Å². The fourth-order valence-corrected chi connectivity index (χ4v) is 4.88. The topological polar surface area (TPSA) is 24.1 Å². The SMILES string of the molecule is Fc1cccc(C2NCCCN2)c1SCC1CC=Cc2ccccc21. The Kier molecular flexibility index (Phi) is 5.20. The Hall–Kier alpha value is -1.62. The van der Waals surface area contributed by atoms with Crippen LogP contribution >= 0.6 is 11.8 Å². The van der Waals surface area contributed by atoms with Crippen molar-refractivity contribution in [2.24, 2.45) is 0 Å². The van der Waals surface area contributed by atoms with Crippen LogP contribution in [0.2, 0.25) is 0 Å². The normalized spacial score (nSPS) is 20.4. The van der Waals surface area contributed by atoms with Gasteiger partial charge in [-0.1, -0.05) is 48.6 Å². The number of fused-ring (bicyclic) bond motifs is 1. The summed E-state index contributed by atoms with van der Waals surface area (Å²) >= 11 is 1.65. The van der Waals surface area contributed by atoms with Crippen LogP contribution in [0.15, 0.2) is 53.4 Å². The van der Waals surface area contributed by atoms with E-state index in [2.05, 4.69) is 47.1 Å². The molecule has 0 aromatic heterocycles. The molecule has 0 radical (unpaired) electrons. The summed E-state index contributed by atoms with van der Waals surface area (Å²) in [6.45, 7) is 1.94. The molecule has 0 saturated carbocycles. The lowest BCUT2D eigenvalue weighted by atomic mass is 9.88. The highest BCUT2D eigenvalue weighted by molar-refractivity contribution is 7.99. The van der Waals surface area contributed by atoms with Crippen molar-refractivity contribution in [2.45, 2.75) is 29.8 Å². The van der Waals surface area contributed by atoms with Crippen LogP contribution in [0.25, 0.3) is 6.08 Å². The van der Waals surface area contributed by atoms with Crippen LogP contribution in [-0.4, -0.2) is 18.8 Å². The monoisotopic (exact) mass is 354 g/mol. The van der Waals surface area contributed by atoms with Crippen LogP contribution in [0.4, 0.5) is 4.39 Å². The fraction of sp³-hybridized carbons (Fsp3) is 0.333. The van der Waals surface area contributed by atoms with Gasteiger partial charge in [0.15, 0.2) is 0 Å². The summed E-state index contributed by atoms with van der Waals surface area (Å²) in [5, 5.41) is 6.91. The molecule has 1 saturated heterocycles. The summed E-state index contributed by atoms with van der Waals surface area (Å²) in [6, 6.07) is 14.0. The van der Waals surface area contributed by atoms with E-state index in [9.17, 15) is 4.39 Å². The molecule has 1 heterocycles. The minimum absolute atomic E-state index is 0.0467. The molecule has 2 nitrogen and oxygen atoms in total. The predicted molar refractivity (Wildman–Crippen MR) is 103 cm³/mol. The van der Waals surface area contributed by atoms with E-state index in [1.807, 2.05) is 12.1 Å². The summed E-state index contributed by atoms with van der Waals surface area (Å²) in [5.74, 6) is 1.21. The molecule has 4 rings (SSSR count). The molecule has 0 spiro atoms. The van der Waals surface area contributed by atoms with Gasteiger partial charge in [-0.2, -0.15) is 0 Å². The molecular weight excluding hydrogens is 331 g/mol. The fourth-order valence-electron chi connectivity index (χ4n) is 3.64. The second kappa shape index (κ2) is 7.73. The van der Waals surface area contributed by atoms with E-state index in [4.69, 9.17) is 0 Å². The number of halogens is 1. The van der Waals surface area contributed by atoms with Gasteiger partial charge < -0.3 is 0 Å². The quantitative estimate of drug-likeness (QED) is 0.778. The third-order valence-corrected chi connectivity index (χ3v) is 6.23. The van der Waals surface area contributed by atoms with Crippen LogP contribution in [-0.2, 0) is 0 Å². The third kappa shape index (κ3) is 3.66. The minimum atomic E-state index is -0.115. The van der Waals surface area contributed by atoms with Crippen LogP contribution in [0, 0.1) is 5.82 Å². The number of allylic oxidation sites excluding steroid dienone is 1. The Morgan fingerprint density at radius 1 is 1.00 bits per heavy atom. The van der Waals surface area contributed by atoms with E-state index in [1.165, 1.54) is 11.1 Å². The Bertz CT molecular complexity index is 768. The zero-order valence-electron chi connectivity index (χ0n) is 14.2. The molecular formula is C21H23FN2S. The first-order valence-electron chi connectivity index (χ1n) is 8.96. The van der Waals surface area contributed by atoms with Crippen molar-refractivity contribution < 1.29 is 4.39 Å². The van der Waals surface area contributed by atoms with Crippen molar-refractivity contribution in [3.8, 4) is 0 Å². The average molecular weight is 354 g/mol. The molecule has 1 atom stereocenters. The smallest absolute Gasteiger partial charge is 0.137 e. The van der Waals surface area contributed by atoms with Crippen molar-refractivity contribution in [3.05, 3.63) is 71.0 Å². The Morgan fingerprint density at radius 3 is 2.68 bits per heavy atom. The van der Waals surface area contributed by atoms with E-state index >= 15 is 0 Å². The number of hydrogen-bond donors (Lipinski definition) is 2. The zero-order chi connectivity index (χ0) is 17.1. The molecule has 1 unspecified atom stereocenters. The Balaban J connectivity index is 1.54. The number of benzene rings is 2. The van der Waals surface area contributed by atoms with Gasteiger partial charge in [0, 0.05) is 10.6 Å². The summed E-state index contributed by atoms with van der Waals surface area (Å²) in [6.07, 6.45) is 6.61. The maximum Gasteiger partial charge on any atom is 0.137 e. The average Bonchev–Trinajstić information content (AvgIpc) is 2.67. The first kappa shape index (κ1) is 16.8. The maximum atomic E-state index is 14.6. The highest BCUT2D eigenvalue weighted by atomic mass is 32.2. The second-order valence-electron chi connectivity index (χ2n) is 6.63. The Morgan fingerprint density at radius 2 is 1.80 bits per heavy atom. The summed E-state index contributed by atoms with van der Waals surface area (Å²) < 4.78 is 14.6. The molecule has 0 bridgehead atoms. The van der Waals surface area contributed by atoms with Gasteiger partial charge in [0.05, 0.1) is 6.17 Å². The van der Waals surface area contributed by atoms with Crippen molar-refractivity contribution in [2.75, 3.05) is 18.8 Å². The zero-order valence-corrected chi connectivity index (χ0v) is 15.0. The van der Waals surface area contributed by atoms with Crippen molar-refractivity contribution in [1.82, 2.24) is 10.6 Å². The molecule has 25 heavy (non-hydrogen) atoms. The predicted octanol–water partition coefficient (Wildman–Crippen LogP) is 4.70. The van der Waals surface area contributed by atoms with Crippen molar-refractivity contribution in [1.29, 1.82) is 0 Å². The van der Waals surface area contributed by atoms with Crippen LogP contribution < -0.4 is 10.6 Å². The van der Waals surface area contributed by atoms with Crippen LogP contribution in [0.5, 0.6) is 0 Å². The van der Waals surface area contributed by atoms with Crippen molar-refractivity contribution in [3.63, 3.8) is 0 Å². The van der Waals surface area contributed by atoms with Gasteiger partial charge >= 0.3 is 0 Å². The summed E-state index contributed by atoms with van der Waals surface area (Å²) in [5.41, 5.74) is 3.71. The number of nitrogens with one attached hydrogen (secondary N) is 2. The second-order valence-corrected chi connectivity index (χ2v) is 7.66. The summed E-state index contributed by atoms with van der Waals surface area (Å²) in [4.78, 5) is 0.779. The standard InChI is InChI=1S/C21H23FN2S/c22-19-11-4-10-18(21-23-12-5-13-24-21)20(19)25-14-16-8-3-7-15-6-1-2-9-17(15)16/h1-4,6-7,9-11,16,21,23-24H,5,8,12-14H2. The van der Waals surface area contributed by atoms with Crippen molar-refractivity contribution >= 4 is 17.8 Å². The highest BCUT2D eigenvalue weighted by Crippen LogP contribution is 2.37. The van der Waals surface area contributed by atoms with E-state index in [0.29, 0.717) is 5.92 Å². The molecule has 2 aromatic carbocycles. The molecule has 4 heteroatoms. The van der Waals surface area contributed by atoms with Gasteiger partial charge in [-0.15, -0.1) is 11.8 Å². The lowest BCUT2D eigenvalue weighted by molar-refractivity contribution is 0.373. The van der Waals surface area contributed by atoms with E-state index in [-0.39, 0.29) is 12.0 Å². The first-order valence-corrected chi connectivity index (χ1v) is 9.95. The van der Waals surface area contributed by atoms with Gasteiger partial charge in [-0.25, -0.2) is 4.39 Å².